The second kappa shape index (κ2) is 5.90. The van der Waals surface area contributed by atoms with Gasteiger partial charge in [0.15, 0.2) is 5.13 Å². The Morgan fingerprint density at radius 2 is 1.89 bits per heavy atom. The van der Waals surface area contributed by atoms with E-state index in [0.717, 1.165) is 21.4 Å². The minimum Gasteiger partial charge on any atom is -0.297 e. The Morgan fingerprint density at radius 1 is 1.16 bits per heavy atom. The van der Waals surface area contributed by atoms with E-state index in [2.05, 4.69) is 21.2 Å². The van der Waals surface area contributed by atoms with Crippen LogP contribution in [-0.4, -0.2) is 11.0 Å². The van der Waals surface area contributed by atoms with Crippen molar-refractivity contribution in [2.75, 3.05) is 5.43 Å². The van der Waals surface area contributed by atoms with Gasteiger partial charge in [0.25, 0.3) is 0 Å². The molecule has 0 radical (unpaired) electrons. The van der Waals surface area contributed by atoms with E-state index in [-0.39, 0.29) is 0 Å². The van der Waals surface area contributed by atoms with Gasteiger partial charge < -0.3 is 0 Å². The molecule has 1 aromatic heterocycles. The van der Waals surface area contributed by atoms with Crippen LogP contribution in [0.1, 0.15) is 25.7 Å². The van der Waals surface area contributed by atoms with Crippen molar-refractivity contribution in [3.8, 4) is 11.3 Å². The van der Waals surface area contributed by atoms with Crippen molar-refractivity contribution >= 4 is 28.1 Å². The van der Waals surface area contributed by atoms with Gasteiger partial charge in [0.1, 0.15) is 0 Å². The smallest absolute Gasteiger partial charge is 0.197 e. The molecule has 0 amide bonds. The highest BCUT2D eigenvalue weighted by Gasteiger charge is 2.14. The summed E-state index contributed by atoms with van der Waals surface area (Å²) in [4.78, 5) is 4.57. The Labute approximate surface area is 122 Å². The summed E-state index contributed by atoms with van der Waals surface area (Å²) in [6.45, 7) is 0. The molecule has 0 bridgehead atoms. The Balaban J connectivity index is 1.63. The zero-order valence-corrected chi connectivity index (χ0v) is 12.1. The predicted molar refractivity (Wildman–Crippen MR) is 81.6 cm³/mol. The van der Waals surface area contributed by atoms with E-state index in [4.69, 9.17) is 11.6 Å². The highest BCUT2D eigenvalue weighted by atomic mass is 35.5. The van der Waals surface area contributed by atoms with E-state index >= 15 is 0 Å². The normalized spacial score (nSPS) is 15.8. The number of anilines is 1. The van der Waals surface area contributed by atoms with Gasteiger partial charge in [0.2, 0.25) is 0 Å². The first-order valence-corrected chi connectivity index (χ1v) is 7.80. The minimum atomic E-state index is 0.586. The Kier molecular flexibility index (Phi) is 4.01. The molecule has 1 fully saturated rings. The van der Waals surface area contributed by atoms with Crippen molar-refractivity contribution in [2.45, 2.75) is 31.7 Å². The average Bonchev–Trinajstić information content (AvgIpc) is 3.09. The molecule has 5 heteroatoms. The monoisotopic (exact) mass is 293 g/mol. The summed E-state index contributed by atoms with van der Waals surface area (Å²) in [7, 11) is 0. The number of rotatable bonds is 4. The zero-order chi connectivity index (χ0) is 13.1. The maximum atomic E-state index is 5.89. The van der Waals surface area contributed by atoms with Gasteiger partial charge in [-0.2, -0.15) is 0 Å². The van der Waals surface area contributed by atoms with Crippen LogP contribution in [0.2, 0.25) is 5.02 Å². The van der Waals surface area contributed by atoms with Crippen molar-refractivity contribution in [3.05, 3.63) is 34.7 Å². The van der Waals surface area contributed by atoms with Gasteiger partial charge in [0.05, 0.1) is 5.69 Å². The average molecular weight is 294 g/mol. The SMILES string of the molecule is Clc1ccc(-c2csc(NNC3CCCC3)n2)cc1. The second-order valence-corrected chi connectivity index (χ2v) is 6.09. The molecule has 1 heterocycles. The van der Waals surface area contributed by atoms with Crippen molar-refractivity contribution in [3.63, 3.8) is 0 Å². The van der Waals surface area contributed by atoms with Crippen LogP contribution in [0, 0.1) is 0 Å². The lowest BCUT2D eigenvalue weighted by molar-refractivity contribution is 0.576. The quantitative estimate of drug-likeness (QED) is 0.824. The van der Waals surface area contributed by atoms with E-state index in [1.807, 2.05) is 24.3 Å². The van der Waals surface area contributed by atoms with Gasteiger partial charge in [-0.15, -0.1) is 11.3 Å². The van der Waals surface area contributed by atoms with Gasteiger partial charge in [-0.05, 0) is 25.0 Å². The molecule has 0 aliphatic heterocycles. The van der Waals surface area contributed by atoms with Crippen LogP contribution in [0.5, 0.6) is 0 Å². The molecule has 0 saturated heterocycles. The van der Waals surface area contributed by atoms with Crippen molar-refractivity contribution in [1.82, 2.24) is 10.4 Å². The van der Waals surface area contributed by atoms with E-state index < -0.39 is 0 Å². The van der Waals surface area contributed by atoms with E-state index in [9.17, 15) is 0 Å². The number of nitrogens with zero attached hydrogens (tertiary/aromatic N) is 1. The molecule has 1 aliphatic carbocycles. The third-order valence-corrected chi connectivity index (χ3v) is 4.39. The number of benzene rings is 1. The maximum absolute atomic E-state index is 5.89. The molecule has 3 rings (SSSR count). The minimum absolute atomic E-state index is 0.586. The fourth-order valence-electron chi connectivity index (χ4n) is 2.32. The molecule has 2 N–H and O–H groups in total. The van der Waals surface area contributed by atoms with Crippen LogP contribution in [0.25, 0.3) is 11.3 Å². The maximum Gasteiger partial charge on any atom is 0.197 e. The largest absolute Gasteiger partial charge is 0.297 e. The molecule has 1 saturated carbocycles. The van der Waals surface area contributed by atoms with Gasteiger partial charge in [-0.3, -0.25) is 5.43 Å². The van der Waals surface area contributed by atoms with Crippen LogP contribution in [0.3, 0.4) is 0 Å². The Hall–Kier alpha value is -1.10. The molecule has 1 aliphatic rings. The second-order valence-electron chi connectivity index (χ2n) is 4.80. The number of hydrogen-bond donors (Lipinski definition) is 2. The zero-order valence-electron chi connectivity index (χ0n) is 10.5. The molecule has 100 valence electrons. The van der Waals surface area contributed by atoms with Crippen LogP contribution in [-0.2, 0) is 0 Å². The molecular weight excluding hydrogens is 278 g/mol. The number of nitrogens with one attached hydrogen (secondary N) is 2. The molecule has 19 heavy (non-hydrogen) atoms. The van der Waals surface area contributed by atoms with Crippen LogP contribution >= 0.6 is 22.9 Å². The lowest BCUT2D eigenvalue weighted by Gasteiger charge is -2.11. The molecule has 2 aromatic rings. The number of halogens is 1. The summed E-state index contributed by atoms with van der Waals surface area (Å²) in [5, 5.41) is 3.72. The standard InChI is InChI=1S/C14H16ClN3S/c15-11-7-5-10(6-8-11)13-9-19-14(16-13)18-17-12-3-1-2-4-12/h5-9,12,17H,1-4H2,(H,16,18). The predicted octanol–water partition coefficient (Wildman–Crippen LogP) is 4.32. The Morgan fingerprint density at radius 3 is 2.63 bits per heavy atom. The number of hydrazine groups is 1. The van der Waals surface area contributed by atoms with E-state index in [1.165, 1.54) is 25.7 Å². The summed E-state index contributed by atoms with van der Waals surface area (Å²) in [5.74, 6) is 0. The van der Waals surface area contributed by atoms with Crippen molar-refractivity contribution < 1.29 is 0 Å². The number of hydrogen-bond acceptors (Lipinski definition) is 4. The number of thiazole rings is 1. The first-order chi connectivity index (χ1) is 9.31. The first kappa shape index (κ1) is 12.9. The molecule has 0 atom stereocenters. The van der Waals surface area contributed by atoms with Crippen molar-refractivity contribution in [1.29, 1.82) is 0 Å². The van der Waals surface area contributed by atoms with Crippen LogP contribution in [0.15, 0.2) is 29.6 Å². The summed E-state index contributed by atoms with van der Waals surface area (Å²) in [5.41, 5.74) is 8.64. The van der Waals surface area contributed by atoms with E-state index in [1.54, 1.807) is 11.3 Å². The summed E-state index contributed by atoms with van der Waals surface area (Å²) >= 11 is 7.50. The topological polar surface area (TPSA) is 37.0 Å². The molecule has 3 nitrogen and oxygen atoms in total. The summed E-state index contributed by atoms with van der Waals surface area (Å²) in [6.07, 6.45) is 5.16. The van der Waals surface area contributed by atoms with Crippen LogP contribution < -0.4 is 10.9 Å². The van der Waals surface area contributed by atoms with E-state index in [0.29, 0.717) is 6.04 Å². The van der Waals surface area contributed by atoms with Crippen molar-refractivity contribution in [2.24, 2.45) is 0 Å². The summed E-state index contributed by atoms with van der Waals surface area (Å²) in [6, 6.07) is 8.35. The third kappa shape index (κ3) is 3.26. The van der Waals surface area contributed by atoms with Crippen LogP contribution in [0.4, 0.5) is 5.13 Å². The third-order valence-electron chi connectivity index (χ3n) is 3.38. The molecule has 0 spiro atoms. The van der Waals surface area contributed by atoms with Gasteiger partial charge in [0, 0.05) is 22.0 Å². The highest BCUT2D eigenvalue weighted by molar-refractivity contribution is 7.14. The number of aromatic nitrogens is 1. The van der Waals surface area contributed by atoms with Gasteiger partial charge >= 0.3 is 0 Å². The fourth-order valence-corrected chi connectivity index (χ4v) is 3.13. The van der Waals surface area contributed by atoms with Gasteiger partial charge in [-0.1, -0.05) is 36.6 Å². The fraction of sp³-hybridized carbons (Fsp3) is 0.357. The first-order valence-electron chi connectivity index (χ1n) is 6.54. The molecule has 0 unspecified atom stereocenters. The Bertz CT molecular complexity index is 532. The summed E-state index contributed by atoms with van der Waals surface area (Å²) < 4.78 is 0. The highest BCUT2D eigenvalue weighted by Crippen LogP contribution is 2.26. The molecular formula is C14H16ClN3S. The molecule has 1 aromatic carbocycles. The van der Waals surface area contributed by atoms with Gasteiger partial charge in [-0.25, -0.2) is 10.4 Å². The lowest BCUT2D eigenvalue weighted by Crippen LogP contribution is -2.31. The lowest BCUT2D eigenvalue weighted by atomic mass is 10.2.